The van der Waals surface area contributed by atoms with Crippen LogP contribution in [-0.4, -0.2) is 59.9 Å². The van der Waals surface area contributed by atoms with Crippen LogP contribution in [0.2, 0.25) is 0 Å². The smallest absolute Gasteiger partial charge is 0.255 e. The zero-order chi connectivity index (χ0) is 15.2. The molecule has 3 rings (SSSR count). The number of pyridine rings is 1. The molecule has 7 heteroatoms. The molecule has 1 amide bonds. The van der Waals surface area contributed by atoms with E-state index in [1.54, 1.807) is 16.6 Å². The zero-order valence-corrected chi connectivity index (χ0v) is 13.0. The summed E-state index contributed by atoms with van der Waals surface area (Å²) in [5.41, 5.74) is 1.44. The average molecular weight is 309 g/mol. The average Bonchev–Trinajstić information content (AvgIpc) is 2.98. The number of carbonyl (C=O) groups excluding carboxylic acids is 1. The number of amides is 1. The van der Waals surface area contributed by atoms with Gasteiger partial charge in [0.05, 0.1) is 11.8 Å². The third-order valence-electron chi connectivity index (χ3n) is 4.37. The van der Waals surface area contributed by atoms with Gasteiger partial charge in [-0.2, -0.15) is 4.31 Å². The van der Waals surface area contributed by atoms with Crippen LogP contribution in [0.4, 0.5) is 0 Å². The molecule has 1 aromatic heterocycles. The minimum Gasteiger partial charge on any atom is -0.334 e. The Balaban J connectivity index is 1.80. The maximum atomic E-state index is 12.6. The predicted molar refractivity (Wildman–Crippen MR) is 78.4 cm³/mol. The van der Waals surface area contributed by atoms with E-state index in [0.29, 0.717) is 31.5 Å². The van der Waals surface area contributed by atoms with Gasteiger partial charge < -0.3 is 4.90 Å². The number of aryl methyl sites for hydroxylation is 1. The standard InChI is InChI=1S/C14H19N3O3S/c1-10-3-4-11(9-15-10)14(18)16-7-5-13-12(16)6-8-17(13)21(2,19)20/h3-4,9,12-13H,5-8H2,1-2H3/t12-,13+/m1/s1. The Bertz CT molecular complexity index is 657. The maximum Gasteiger partial charge on any atom is 0.255 e. The molecule has 1 aromatic rings. The van der Waals surface area contributed by atoms with Crippen LogP contribution in [0.1, 0.15) is 28.9 Å². The normalized spacial score (nSPS) is 26.1. The Kier molecular flexibility index (Phi) is 3.49. The first kappa shape index (κ1) is 14.5. The van der Waals surface area contributed by atoms with Crippen LogP contribution >= 0.6 is 0 Å². The lowest BCUT2D eigenvalue weighted by atomic mass is 10.1. The van der Waals surface area contributed by atoms with Crippen molar-refractivity contribution < 1.29 is 13.2 Å². The van der Waals surface area contributed by atoms with E-state index in [1.807, 2.05) is 17.9 Å². The van der Waals surface area contributed by atoms with Crippen molar-refractivity contribution in [3.63, 3.8) is 0 Å². The van der Waals surface area contributed by atoms with Gasteiger partial charge in [-0.05, 0) is 31.9 Å². The summed E-state index contributed by atoms with van der Waals surface area (Å²) in [6.45, 7) is 2.99. The van der Waals surface area contributed by atoms with Crippen molar-refractivity contribution in [1.29, 1.82) is 0 Å². The molecule has 6 nitrogen and oxygen atoms in total. The van der Waals surface area contributed by atoms with Gasteiger partial charge in [-0.3, -0.25) is 9.78 Å². The molecule has 0 spiro atoms. The highest BCUT2D eigenvalue weighted by molar-refractivity contribution is 7.88. The summed E-state index contributed by atoms with van der Waals surface area (Å²) >= 11 is 0. The van der Waals surface area contributed by atoms with Crippen molar-refractivity contribution in [3.8, 4) is 0 Å². The lowest BCUT2D eigenvalue weighted by molar-refractivity contribution is 0.0734. The van der Waals surface area contributed by atoms with E-state index in [1.165, 1.54) is 6.26 Å². The van der Waals surface area contributed by atoms with Crippen LogP contribution in [0.3, 0.4) is 0 Å². The fraction of sp³-hybridized carbons (Fsp3) is 0.571. The van der Waals surface area contributed by atoms with Gasteiger partial charge in [0.2, 0.25) is 10.0 Å². The minimum absolute atomic E-state index is 0.00599. The molecule has 3 heterocycles. The number of nitrogens with zero attached hydrogens (tertiary/aromatic N) is 3. The predicted octanol–water partition coefficient (Wildman–Crippen LogP) is 0.638. The molecule has 0 bridgehead atoms. The molecule has 114 valence electrons. The molecule has 0 aromatic carbocycles. The van der Waals surface area contributed by atoms with Crippen LogP contribution in [0.15, 0.2) is 18.3 Å². The molecule has 0 unspecified atom stereocenters. The van der Waals surface area contributed by atoms with E-state index in [2.05, 4.69) is 4.98 Å². The van der Waals surface area contributed by atoms with E-state index in [-0.39, 0.29) is 18.0 Å². The summed E-state index contributed by atoms with van der Waals surface area (Å²) in [4.78, 5) is 18.5. The number of hydrogen-bond donors (Lipinski definition) is 0. The molecule has 0 aliphatic carbocycles. The fourth-order valence-electron chi connectivity index (χ4n) is 3.37. The van der Waals surface area contributed by atoms with Gasteiger partial charge >= 0.3 is 0 Å². The summed E-state index contributed by atoms with van der Waals surface area (Å²) in [6, 6.07) is 3.52. The van der Waals surface area contributed by atoms with E-state index < -0.39 is 10.0 Å². The van der Waals surface area contributed by atoms with Crippen LogP contribution in [0.25, 0.3) is 0 Å². The number of rotatable bonds is 2. The molecule has 2 saturated heterocycles. The molecule has 2 aliphatic heterocycles. The Hall–Kier alpha value is -1.47. The SMILES string of the molecule is Cc1ccc(C(=O)N2CC[C@H]3[C@H]2CCN3S(C)(=O)=O)cn1. The van der Waals surface area contributed by atoms with E-state index in [4.69, 9.17) is 0 Å². The van der Waals surface area contributed by atoms with Crippen molar-refractivity contribution in [3.05, 3.63) is 29.6 Å². The van der Waals surface area contributed by atoms with E-state index >= 15 is 0 Å². The van der Waals surface area contributed by atoms with Crippen molar-refractivity contribution in [2.45, 2.75) is 31.8 Å². The number of sulfonamides is 1. The number of hydrogen-bond acceptors (Lipinski definition) is 4. The zero-order valence-electron chi connectivity index (χ0n) is 12.2. The largest absolute Gasteiger partial charge is 0.334 e. The lowest BCUT2D eigenvalue weighted by Crippen LogP contribution is -2.41. The Morgan fingerprint density at radius 2 is 1.95 bits per heavy atom. The van der Waals surface area contributed by atoms with Crippen LogP contribution in [-0.2, 0) is 10.0 Å². The molecule has 2 atom stereocenters. The highest BCUT2D eigenvalue weighted by Gasteiger charge is 2.47. The summed E-state index contributed by atoms with van der Waals surface area (Å²) in [7, 11) is -3.19. The Morgan fingerprint density at radius 3 is 2.57 bits per heavy atom. The van der Waals surface area contributed by atoms with Gasteiger partial charge in [-0.25, -0.2) is 8.42 Å². The molecule has 0 radical (unpaired) electrons. The third-order valence-corrected chi connectivity index (χ3v) is 5.68. The molecular weight excluding hydrogens is 290 g/mol. The number of likely N-dealkylation sites (tertiary alicyclic amines) is 1. The maximum absolute atomic E-state index is 12.6. The summed E-state index contributed by atoms with van der Waals surface area (Å²) in [6.07, 6.45) is 4.25. The lowest BCUT2D eigenvalue weighted by Gasteiger charge is -2.24. The molecule has 2 fully saturated rings. The molecular formula is C14H19N3O3S. The van der Waals surface area contributed by atoms with Crippen LogP contribution < -0.4 is 0 Å². The van der Waals surface area contributed by atoms with Crippen molar-refractivity contribution in [1.82, 2.24) is 14.2 Å². The second kappa shape index (κ2) is 5.06. The topological polar surface area (TPSA) is 70.6 Å². The van der Waals surface area contributed by atoms with E-state index in [9.17, 15) is 13.2 Å². The Morgan fingerprint density at radius 1 is 1.24 bits per heavy atom. The molecule has 2 aliphatic rings. The first-order chi connectivity index (χ1) is 9.88. The Labute approximate surface area is 124 Å². The molecule has 21 heavy (non-hydrogen) atoms. The highest BCUT2D eigenvalue weighted by Crippen LogP contribution is 2.33. The van der Waals surface area contributed by atoms with Crippen molar-refractivity contribution in [2.24, 2.45) is 0 Å². The minimum atomic E-state index is -3.19. The quantitative estimate of drug-likeness (QED) is 0.804. The number of carbonyl (C=O) groups is 1. The second-order valence-electron chi connectivity index (χ2n) is 5.77. The first-order valence-electron chi connectivity index (χ1n) is 7.08. The van der Waals surface area contributed by atoms with Gasteiger partial charge in [0, 0.05) is 37.1 Å². The van der Waals surface area contributed by atoms with Gasteiger partial charge in [-0.15, -0.1) is 0 Å². The number of fused-ring (bicyclic) bond motifs is 1. The first-order valence-corrected chi connectivity index (χ1v) is 8.93. The number of aromatic nitrogens is 1. The van der Waals surface area contributed by atoms with E-state index in [0.717, 1.165) is 5.69 Å². The highest BCUT2D eigenvalue weighted by atomic mass is 32.2. The molecule has 0 N–H and O–H groups in total. The van der Waals surface area contributed by atoms with Gasteiger partial charge in [0.15, 0.2) is 0 Å². The van der Waals surface area contributed by atoms with Crippen molar-refractivity contribution in [2.75, 3.05) is 19.3 Å². The van der Waals surface area contributed by atoms with Gasteiger partial charge in [0.1, 0.15) is 0 Å². The monoisotopic (exact) mass is 309 g/mol. The fourth-order valence-corrected chi connectivity index (χ4v) is 4.55. The third kappa shape index (κ3) is 2.55. The summed E-state index contributed by atoms with van der Waals surface area (Å²) < 4.78 is 25.1. The van der Waals surface area contributed by atoms with Gasteiger partial charge in [0.25, 0.3) is 5.91 Å². The summed E-state index contributed by atoms with van der Waals surface area (Å²) in [5.74, 6) is -0.0506. The summed E-state index contributed by atoms with van der Waals surface area (Å²) in [5, 5.41) is 0. The van der Waals surface area contributed by atoms with Crippen LogP contribution in [0, 0.1) is 6.92 Å². The van der Waals surface area contributed by atoms with Crippen LogP contribution in [0.5, 0.6) is 0 Å². The molecule has 0 saturated carbocycles. The van der Waals surface area contributed by atoms with Gasteiger partial charge in [-0.1, -0.05) is 0 Å². The second-order valence-corrected chi connectivity index (χ2v) is 7.71. The van der Waals surface area contributed by atoms with Crippen molar-refractivity contribution >= 4 is 15.9 Å².